The number of carboxylic acids is 1. The second-order valence-corrected chi connectivity index (χ2v) is 13.9. The molecule has 6 atom stereocenters. The van der Waals surface area contributed by atoms with Crippen LogP contribution in [0.25, 0.3) is 0 Å². The summed E-state index contributed by atoms with van der Waals surface area (Å²) in [7, 11) is 0. The van der Waals surface area contributed by atoms with E-state index in [-0.39, 0.29) is 51.2 Å². The van der Waals surface area contributed by atoms with Gasteiger partial charge in [0.2, 0.25) is 11.8 Å². The first kappa shape index (κ1) is 33.4. The van der Waals surface area contributed by atoms with Crippen LogP contribution in [-0.2, 0) is 36.9 Å². The number of carbonyl (C=O) groups is 5. The Morgan fingerprint density at radius 1 is 1.09 bits per heavy atom. The van der Waals surface area contributed by atoms with Crippen LogP contribution in [0, 0.1) is 11.7 Å². The van der Waals surface area contributed by atoms with E-state index in [1.165, 1.54) is 15.9 Å². The van der Waals surface area contributed by atoms with Gasteiger partial charge in [-0.15, -0.1) is 0 Å². The Hall–Kier alpha value is -3.94. The predicted octanol–water partition coefficient (Wildman–Crippen LogP) is 2.82. The number of fused-ring (bicyclic) bond motifs is 3. The third kappa shape index (κ3) is 7.37. The van der Waals surface area contributed by atoms with Crippen molar-refractivity contribution in [2.45, 2.75) is 121 Å². The highest BCUT2D eigenvalue weighted by Gasteiger charge is 2.62. The summed E-state index contributed by atoms with van der Waals surface area (Å²) in [5.74, 6) is -3.24. The molecule has 2 saturated heterocycles. The molecule has 5 rings (SSSR count). The number of carbonyl (C=O) groups excluding carboxylic acids is 4. The van der Waals surface area contributed by atoms with Crippen LogP contribution in [0.4, 0.5) is 14.0 Å². The summed E-state index contributed by atoms with van der Waals surface area (Å²) in [5, 5.41) is 26.0. The molecule has 1 saturated carbocycles. The van der Waals surface area contributed by atoms with E-state index in [1.807, 2.05) is 0 Å². The molecule has 1 unspecified atom stereocenters. The second kappa shape index (κ2) is 13.0. The van der Waals surface area contributed by atoms with E-state index in [2.05, 4.69) is 10.6 Å². The summed E-state index contributed by atoms with van der Waals surface area (Å²) in [6, 6.07) is 2.21. The molecule has 4 N–H and O–H groups in total. The fourth-order valence-corrected chi connectivity index (χ4v) is 6.73. The van der Waals surface area contributed by atoms with Crippen molar-refractivity contribution < 1.29 is 48.0 Å². The average Bonchev–Trinajstić information content (AvgIpc) is 3.27. The summed E-state index contributed by atoms with van der Waals surface area (Å²) in [6.07, 6.45) is -0.665. The van der Waals surface area contributed by atoms with E-state index in [0.29, 0.717) is 36.8 Å². The molecule has 14 heteroatoms. The van der Waals surface area contributed by atoms with E-state index < -0.39 is 71.2 Å². The molecule has 3 heterocycles. The minimum absolute atomic E-state index is 0.00679. The number of aliphatic hydroxyl groups excluding tert-OH is 1. The van der Waals surface area contributed by atoms with Gasteiger partial charge in [0.25, 0.3) is 0 Å². The third-order valence-corrected chi connectivity index (χ3v) is 9.25. The number of nitrogens with one attached hydrogen (secondary N) is 2. The first-order valence-electron chi connectivity index (χ1n) is 15.9. The van der Waals surface area contributed by atoms with Crippen LogP contribution in [0.3, 0.4) is 0 Å². The summed E-state index contributed by atoms with van der Waals surface area (Å²) in [4.78, 5) is 68.6. The summed E-state index contributed by atoms with van der Waals surface area (Å²) >= 11 is 0. The summed E-state index contributed by atoms with van der Waals surface area (Å²) < 4.78 is 25.4. The van der Waals surface area contributed by atoms with Gasteiger partial charge in [-0.3, -0.25) is 14.5 Å². The highest BCUT2D eigenvalue weighted by Crippen LogP contribution is 2.47. The fourth-order valence-electron chi connectivity index (χ4n) is 6.73. The third-order valence-electron chi connectivity index (χ3n) is 9.25. The summed E-state index contributed by atoms with van der Waals surface area (Å²) in [6.45, 7) is 4.96. The lowest BCUT2D eigenvalue weighted by molar-refractivity contribution is -0.146. The largest absolute Gasteiger partial charge is 0.479 e. The maximum absolute atomic E-state index is 14.3. The quantitative estimate of drug-likeness (QED) is 0.385. The van der Waals surface area contributed by atoms with Gasteiger partial charge < -0.3 is 35.2 Å². The lowest BCUT2D eigenvalue weighted by Gasteiger charge is -2.30. The van der Waals surface area contributed by atoms with E-state index in [4.69, 9.17) is 9.47 Å². The summed E-state index contributed by atoms with van der Waals surface area (Å²) in [5.41, 5.74) is -1.28. The molecule has 1 aromatic rings. The number of amides is 4. The monoisotopic (exact) mass is 646 g/mol. The Balaban J connectivity index is 1.38. The highest BCUT2D eigenvalue weighted by atomic mass is 19.1. The molecule has 252 valence electrons. The molecule has 13 nitrogen and oxygen atoms in total. The minimum Gasteiger partial charge on any atom is -0.479 e. The number of alkyl carbamates (subject to hydrolysis) is 1. The molecule has 0 bridgehead atoms. The number of aliphatic carboxylic acids is 1. The van der Waals surface area contributed by atoms with Crippen molar-refractivity contribution in [2.24, 2.45) is 5.92 Å². The zero-order chi connectivity index (χ0) is 33.4. The highest BCUT2D eigenvalue weighted by molar-refractivity contribution is 5.96. The molecule has 3 aliphatic heterocycles. The van der Waals surface area contributed by atoms with Crippen molar-refractivity contribution in [1.82, 2.24) is 20.4 Å². The zero-order valence-electron chi connectivity index (χ0n) is 26.4. The Labute approximate surface area is 266 Å². The lowest BCUT2D eigenvalue weighted by atomic mass is 10.0. The molecule has 1 aliphatic carbocycles. The maximum atomic E-state index is 14.3. The van der Waals surface area contributed by atoms with Gasteiger partial charge >= 0.3 is 18.2 Å². The van der Waals surface area contributed by atoms with Gasteiger partial charge in [0.1, 0.15) is 35.1 Å². The Morgan fingerprint density at radius 2 is 1.83 bits per heavy atom. The number of aliphatic hydroxyl groups is 1. The number of rotatable bonds is 3. The maximum Gasteiger partial charge on any atom is 0.410 e. The van der Waals surface area contributed by atoms with Crippen molar-refractivity contribution >= 4 is 30.0 Å². The van der Waals surface area contributed by atoms with Gasteiger partial charge in [-0.05, 0) is 70.4 Å². The molecule has 0 radical (unpaired) electrons. The topological polar surface area (TPSA) is 175 Å². The van der Waals surface area contributed by atoms with E-state index >= 15 is 0 Å². The van der Waals surface area contributed by atoms with Crippen molar-refractivity contribution in [3.8, 4) is 0 Å². The molecule has 3 fully saturated rings. The number of benzene rings is 1. The molecule has 0 aromatic heterocycles. The van der Waals surface area contributed by atoms with E-state index in [0.717, 1.165) is 0 Å². The molecular formula is C32H43FN4O9. The van der Waals surface area contributed by atoms with Crippen LogP contribution in [0.2, 0.25) is 0 Å². The molecule has 0 spiro atoms. The Kier molecular flexibility index (Phi) is 9.48. The SMILES string of the molecule is CC(C)(C)OC(=O)N[C@H]1CCC(O)CCCC[C@@H]2C[C@@]2(C(=O)O)NC(=O)[C@@H]2C[C@@H](OC(=O)N3Cc4cccc(F)c4C3)CN2C1=O. The van der Waals surface area contributed by atoms with Crippen LogP contribution in [0.1, 0.15) is 83.3 Å². The van der Waals surface area contributed by atoms with Crippen LogP contribution in [0.15, 0.2) is 18.2 Å². The number of ether oxygens (including phenoxy) is 2. The van der Waals surface area contributed by atoms with Crippen molar-refractivity contribution in [3.63, 3.8) is 0 Å². The molecule has 4 aliphatic rings. The number of hydrogen-bond donors (Lipinski definition) is 4. The first-order chi connectivity index (χ1) is 21.7. The van der Waals surface area contributed by atoms with Gasteiger partial charge in [0, 0.05) is 18.5 Å². The molecule has 4 amide bonds. The second-order valence-electron chi connectivity index (χ2n) is 13.9. The van der Waals surface area contributed by atoms with Crippen LogP contribution in [-0.4, -0.2) is 92.0 Å². The van der Waals surface area contributed by atoms with E-state index in [1.54, 1.807) is 32.9 Å². The standard InChI is InChI=1S/C32H43FN4O9/c1-31(2,3)46-29(43)34-24-12-11-20(38)9-5-4-8-19-14-32(19,28(41)42)35-26(39)25-13-21(16-37(25)27(24)40)45-30(44)36-15-18-7-6-10-23(33)22(18)17-36/h6-7,10,19-21,24-25,38H,4-5,8-9,11-17H2,1-3H3,(H,34,43)(H,35,39)(H,41,42)/t19-,20?,21-,24+,25+,32-/m1/s1. The van der Waals surface area contributed by atoms with Gasteiger partial charge in [-0.1, -0.05) is 25.0 Å². The first-order valence-corrected chi connectivity index (χ1v) is 15.9. The molecule has 1 aromatic carbocycles. The average molecular weight is 647 g/mol. The number of hydrogen-bond acceptors (Lipinski definition) is 8. The fraction of sp³-hybridized carbons (Fsp3) is 0.656. The van der Waals surface area contributed by atoms with Crippen LogP contribution >= 0.6 is 0 Å². The van der Waals surface area contributed by atoms with Crippen LogP contribution < -0.4 is 10.6 Å². The Bertz CT molecular complexity index is 1380. The van der Waals surface area contributed by atoms with Gasteiger partial charge in [-0.2, -0.15) is 0 Å². The van der Waals surface area contributed by atoms with E-state index in [9.17, 15) is 38.6 Å². The van der Waals surface area contributed by atoms with Gasteiger partial charge in [0.05, 0.1) is 19.2 Å². The Morgan fingerprint density at radius 3 is 2.52 bits per heavy atom. The van der Waals surface area contributed by atoms with Crippen LogP contribution in [0.5, 0.6) is 0 Å². The van der Waals surface area contributed by atoms with Crippen molar-refractivity contribution in [3.05, 3.63) is 35.1 Å². The zero-order valence-corrected chi connectivity index (χ0v) is 26.4. The molecular weight excluding hydrogens is 603 g/mol. The normalized spacial score (nSPS) is 30.2. The molecule has 46 heavy (non-hydrogen) atoms. The number of carboxylic acid groups (broad SMARTS) is 1. The van der Waals surface area contributed by atoms with Gasteiger partial charge in [-0.25, -0.2) is 18.8 Å². The van der Waals surface area contributed by atoms with Gasteiger partial charge in [0.15, 0.2) is 0 Å². The van der Waals surface area contributed by atoms with Crippen molar-refractivity contribution in [2.75, 3.05) is 6.54 Å². The lowest BCUT2D eigenvalue weighted by Crippen LogP contribution is -2.56. The number of nitrogens with zero attached hydrogens (tertiary/aromatic N) is 2. The minimum atomic E-state index is -1.47. The smallest absolute Gasteiger partial charge is 0.410 e. The van der Waals surface area contributed by atoms with Crippen molar-refractivity contribution in [1.29, 1.82) is 0 Å². The predicted molar refractivity (Wildman–Crippen MR) is 160 cm³/mol. The number of halogens is 1.